The average Bonchev–Trinajstić information content (AvgIpc) is 2.68. The Labute approximate surface area is 99.2 Å². The van der Waals surface area contributed by atoms with E-state index in [2.05, 4.69) is 19.2 Å². The van der Waals surface area contributed by atoms with Gasteiger partial charge < -0.3 is 11.1 Å². The van der Waals surface area contributed by atoms with Gasteiger partial charge in [-0.2, -0.15) is 0 Å². The molecule has 0 spiro atoms. The maximum Gasteiger partial charge on any atom is 0.224 e. The van der Waals surface area contributed by atoms with Gasteiger partial charge in [0.15, 0.2) is 0 Å². The fourth-order valence-electron chi connectivity index (χ4n) is 2.71. The molecule has 94 valence electrons. The zero-order valence-electron chi connectivity index (χ0n) is 10.7. The van der Waals surface area contributed by atoms with Crippen LogP contribution in [0.2, 0.25) is 0 Å². The summed E-state index contributed by atoms with van der Waals surface area (Å²) < 4.78 is 0. The quantitative estimate of drug-likeness (QED) is 0.698. The Morgan fingerprint density at radius 1 is 1.44 bits per heavy atom. The van der Waals surface area contributed by atoms with Crippen molar-refractivity contribution in [1.82, 2.24) is 5.32 Å². The molecule has 0 aliphatic heterocycles. The number of rotatable bonds is 7. The Kier molecular flexibility index (Phi) is 5.26. The number of primary amides is 1. The van der Waals surface area contributed by atoms with E-state index in [0.717, 1.165) is 38.8 Å². The van der Waals surface area contributed by atoms with Gasteiger partial charge in [0.05, 0.1) is 5.41 Å². The molecule has 3 nitrogen and oxygen atoms in total. The fourth-order valence-corrected chi connectivity index (χ4v) is 2.71. The van der Waals surface area contributed by atoms with E-state index in [4.69, 9.17) is 5.73 Å². The number of nitrogens with two attached hydrogens (primary N) is 1. The summed E-state index contributed by atoms with van der Waals surface area (Å²) in [5, 5.41) is 3.43. The molecule has 1 fully saturated rings. The maximum absolute atomic E-state index is 11.5. The minimum Gasteiger partial charge on any atom is -0.369 e. The van der Waals surface area contributed by atoms with Gasteiger partial charge in [0, 0.05) is 6.54 Å². The van der Waals surface area contributed by atoms with Crippen LogP contribution in [-0.4, -0.2) is 19.0 Å². The van der Waals surface area contributed by atoms with Crippen LogP contribution in [0, 0.1) is 11.3 Å². The van der Waals surface area contributed by atoms with Gasteiger partial charge in [0.1, 0.15) is 0 Å². The number of carbonyl (C=O) groups excluding carboxylic acids is 1. The smallest absolute Gasteiger partial charge is 0.224 e. The maximum atomic E-state index is 11.5. The third-order valence-electron chi connectivity index (χ3n) is 3.82. The monoisotopic (exact) mass is 226 g/mol. The number of nitrogens with one attached hydrogen (secondary N) is 1. The van der Waals surface area contributed by atoms with Crippen molar-refractivity contribution in [2.75, 3.05) is 13.1 Å². The summed E-state index contributed by atoms with van der Waals surface area (Å²) in [6.07, 6.45) is 6.71. The molecule has 1 saturated carbocycles. The molecule has 0 radical (unpaired) electrons. The minimum absolute atomic E-state index is 0.111. The lowest BCUT2D eigenvalue weighted by Gasteiger charge is -2.26. The normalized spacial score (nSPS) is 20.9. The largest absolute Gasteiger partial charge is 0.369 e. The molecule has 1 aliphatic rings. The zero-order valence-corrected chi connectivity index (χ0v) is 10.7. The van der Waals surface area contributed by atoms with Crippen molar-refractivity contribution in [2.24, 2.45) is 17.1 Å². The molecule has 0 bridgehead atoms. The Morgan fingerprint density at radius 3 is 2.56 bits per heavy atom. The lowest BCUT2D eigenvalue weighted by atomic mass is 9.85. The highest BCUT2D eigenvalue weighted by atomic mass is 16.1. The molecule has 1 amide bonds. The molecule has 0 aromatic rings. The van der Waals surface area contributed by atoms with Crippen molar-refractivity contribution in [3.8, 4) is 0 Å². The van der Waals surface area contributed by atoms with Crippen LogP contribution in [0.4, 0.5) is 0 Å². The average molecular weight is 226 g/mol. The summed E-state index contributed by atoms with van der Waals surface area (Å²) in [6, 6.07) is 0. The zero-order chi connectivity index (χ0) is 12.0. The first-order chi connectivity index (χ1) is 7.60. The molecule has 1 unspecified atom stereocenters. The highest BCUT2D eigenvalue weighted by Gasteiger charge is 2.38. The van der Waals surface area contributed by atoms with Crippen LogP contribution in [0.25, 0.3) is 0 Å². The highest BCUT2D eigenvalue weighted by molar-refractivity contribution is 5.81. The number of carbonyl (C=O) groups is 1. The first kappa shape index (κ1) is 13.5. The summed E-state index contributed by atoms with van der Waals surface area (Å²) in [6.45, 7) is 6.24. The SMILES string of the molecule is CCCC(C)CNCC1(C(N)=O)CCCC1. The van der Waals surface area contributed by atoms with Crippen LogP contribution < -0.4 is 11.1 Å². The standard InChI is InChI=1S/C13H26N2O/c1-3-6-11(2)9-15-10-13(12(14)16)7-4-5-8-13/h11,15H,3-10H2,1-2H3,(H2,14,16). The Morgan fingerprint density at radius 2 is 2.06 bits per heavy atom. The van der Waals surface area contributed by atoms with Crippen molar-refractivity contribution in [3.05, 3.63) is 0 Å². The molecule has 1 aliphatic carbocycles. The molecule has 0 aromatic carbocycles. The molecule has 1 atom stereocenters. The summed E-state index contributed by atoms with van der Waals surface area (Å²) in [4.78, 5) is 11.5. The van der Waals surface area contributed by atoms with Crippen LogP contribution in [-0.2, 0) is 4.79 Å². The van der Waals surface area contributed by atoms with Crippen molar-refractivity contribution >= 4 is 5.91 Å². The van der Waals surface area contributed by atoms with E-state index >= 15 is 0 Å². The minimum atomic E-state index is -0.244. The van der Waals surface area contributed by atoms with Gasteiger partial charge in [0.2, 0.25) is 5.91 Å². The lowest BCUT2D eigenvalue weighted by molar-refractivity contribution is -0.127. The van der Waals surface area contributed by atoms with Crippen LogP contribution in [0.3, 0.4) is 0 Å². The summed E-state index contributed by atoms with van der Waals surface area (Å²) in [5.74, 6) is 0.581. The van der Waals surface area contributed by atoms with Crippen LogP contribution in [0.15, 0.2) is 0 Å². The Hall–Kier alpha value is -0.570. The molecular formula is C13H26N2O. The molecule has 16 heavy (non-hydrogen) atoms. The third-order valence-corrected chi connectivity index (χ3v) is 3.82. The van der Waals surface area contributed by atoms with Crippen molar-refractivity contribution in [3.63, 3.8) is 0 Å². The van der Waals surface area contributed by atoms with Crippen molar-refractivity contribution in [1.29, 1.82) is 0 Å². The fraction of sp³-hybridized carbons (Fsp3) is 0.923. The van der Waals surface area contributed by atoms with Crippen LogP contribution in [0.5, 0.6) is 0 Å². The number of hydrogen-bond acceptors (Lipinski definition) is 2. The summed E-state index contributed by atoms with van der Waals surface area (Å²) in [5.41, 5.74) is 5.29. The predicted octanol–water partition coefficient (Wildman–Crippen LogP) is 2.06. The van der Waals surface area contributed by atoms with Gasteiger partial charge in [-0.15, -0.1) is 0 Å². The van der Waals surface area contributed by atoms with Gasteiger partial charge in [-0.3, -0.25) is 4.79 Å². The molecular weight excluding hydrogens is 200 g/mol. The van der Waals surface area contributed by atoms with Crippen LogP contribution >= 0.6 is 0 Å². The first-order valence-corrected chi connectivity index (χ1v) is 6.61. The Bertz CT molecular complexity index is 222. The summed E-state index contributed by atoms with van der Waals surface area (Å²) in [7, 11) is 0. The molecule has 3 heteroatoms. The highest BCUT2D eigenvalue weighted by Crippen LogP contribution is 2.37. The molecule has 0 saturated heterocycles. The molecule has 0 heterocycles. The van der Waals surface area contributed by atoms with Gasteiger partial charge in [-0.05, 0) is 31.7 Å². The van der Waals surface area contributed by atoms with E-state index in [1.54, 1.807) is 0 Å². The topological polar surface area (TPSA) is 55.1 Å². The van der Waals surface area contributed by atoms with Gasteiger partial charge in [0.25, 0.3) is 0 Å². The van der Waals surface area contributed by atoms with E-state index in [9.17, 15) is 4.79 Å². The molecule has 3 N–H and O–H groups in total. The number of amides is 1. The second-order valence-corrected chi connectivity index (χ2v) is 5.38. The molecule has 1 rings (SSSR count). The second-order valence-electron chi connectivity index (χ2n) is 5.38. The molecule has 0 aromatic heterocycles. The van der Waals surface area contributed by atoms with E-state index in [1.807, 2.05) is 0 Å². The lowest BCUT2D eigenvalue weighted by Crippen LogP contribution is -2.43. The van der Waals surface area contributed by atoms with Crippen molar-refractivity contribution < 1.29 is 4.79 Å². The van der Waals surface area contributed by atoms with E-state index in [0.29, 0.717) is 5.92 Å². The van der Waals surface area contributed by atoms with Gasteiger partial charge in [-0.25, -0.2) is 0 Å². The van der Waals surface area contributed by atoms with E-state index in [-0.39, 0.29) is 11.3 Å². The first-order valence-electron chi connectivity index (χ1n) is 6.61. The second kappa shape index (κ2) is 6.24. The van der Waals surface area contributed by atoms with Gasteiger partial charge in [-0.1, -0.05) is 33.1 Å². The number of hydrogen-bond donors (Lipinski definition) is 2. The predicted molar refractivity (Wildman–Crippen MR) is 67.0 cm³/mol. The third kappa shape index (κ3) is 3.48. The van der Waals surface area contributed by atoms with Gasteiger partial charge >= 0.3 is 0 Å². The van der Waals surface area contributed by atoms with E-state index < -0.39 is 0 Å². The Balaban J connectivity index is 2.31. The van der Waals surface area contributed by atoms with E-state index in [1.165, 1.54) is 12.8 Å². The summed E-state index contributed by atoms with van der Waals surface area (Å²) >= 11 is 0. The van der Waals surface area contributed by atoms with Crippen molar-refractivity contribution in [2.45, 2.75) is 52.4 Å². The van der Waals surface area contributed by atoms with Crippen LogP contribution in [0.1, 0.15) is 52.4 Å².